The largest absolute Gasteiger partial charge is 0.463 e. The van der Waals surface area contributed by atoms with Crippen LogP contribution in [0.5, 0.6) is 0 Å². The molecule has 0 aliphatic carbocycles. The van der Waals surface area contributed by atoms with Crippen molar-refractivity contribution in [2.24, 2.45) is 4.99 Å². The highest BCUT2D eigenvalue weighted by Gasteiger charge is 2.33. The van der Waals surface area contributed by atoms with E-state index in [4.69, 9.17) is 4.74 Å². The molecule has 2 aromatic heterocycles. The van der Waals surface area contributed by atoms with Crippen molar-refractivity contribution >= 4 is 50.2 Å². The lowest BCUT2D eigenvalue weighted by Gasteiger charge is -2.24. The number of hydrogen-bond acceptors (Lipinski definition) is 5. The zero-order chi connectivity index (χ0) is 29.5. The summed E-state index contributed by atoms with van der Waals surface area (Å²) in [4.78, 5) is 32.3. The summed E-state index contributed by atoms with van der Waals surface area (Å²) in [5.74, 6) is -0.950. The van der Waals surface area contributed by atoms with Gasteiger partial charge in [-0.1, -0.05) is 69.7 Å². The standard InChI is InChI=1S/C33H27BrFN3O3S/c1-4-41-32(40)29-19(2)36-33-38(30(29)22-11-15-24(35)16-12-22)31(39)28(42-33)17-26-20(3)37(27-8-6-5-7-25(26)27)18-21-9-13-23(34)14-10-21/h5-17,30H,4,18H2,1-3H3/b28-17-/t30-/m1/s1. The molecule has 0 saturated heterocycles. The summed E-state index contributed by atoms with van der Waals surface area (Å²) in [6.45, 7) is 6.39. The highest BCUT2D eigenvalue weighted by atomic mass is 79.9. The van der Waals surface area contributed by atoms with E-state index in [0.29, 0.717) is 27.1 Å². The van der Waals surface area contributed by atoms with Crippen molar-refractivity contribution in [3.05, 3.63) is 136 Å². The Labute approximate surface area is 253 Å². The highest BCUT2D eigenvalue weighted by molar-refractivity contribution is 9.10. The molecule has 3 heterocycles. The molecule has 0 unspecified atom stereocenters. The molecule has 0 amide bonds. The van der Waals surface area contributed by atoms with Crippen LogP contribution in [0.2, 0.25) is 0 Å². The second-order valence-corrected chi connectivity index (χ2v) is 12.0. The summed E-state index contributed by atoms with van der Waals surface area (Å²) in [6, 6.07) is 21.5. The Balaban J connectivity index is 1.54. The van der Waals surface area contributed by atoms with E-state index in [1.54, 1.807) is 26.0 Å². The molecule has 0 bridgehead atoms. The number of aromatic nitrogens is 2. The maximum atomic E-state index is 14.1. The fourth-order valence-electron chi connectivity index (χ4n) is 5.50. The van der Waals surface area contributed by atoms with Crippen LogP contribution >= 0.6 is 27.3 Å². The van der Waals surface area contributed by atoms with Gasteiger partial charge in [0.2, 0.25) is 0 Å². The smallest absolute Gasteiger partial charge is 0.338 e. The van der Waals surface area contributed by atoms with Gasteiger partial charge < -0.3 is 9.30 Å². The van der Waals surface area contributed by atoms with E-state index in [1.807, 2.05) is 30.3 Å². The number of esters is 1. The summed E-state index contributed by atoms with van der Waals surface area (Å²) < 4.78 is 24.5. The minimum atomic E-state index is -0.789. The van der Waals surface area contributed by atoms with Gasteiger partial charge in [0.1, 0.15) is 5.82 Å². The fourth-order valence-corrected chi connectivity index (χ4v) is 6.79. The lowest BCUT2D eigenvalue weighted by molar-refractivity contribution is -0.139. The van der Waals surface area contributed by atoms with Crippen LogP contribution < -0.4 is 14.9 Å². The molecule has 5 aromatic rings. The molecule has 0 saturated carbocycles. The number of ether oxygens (including phenoxy) is 1. The van der Waals surface area contributed by atoms with Gasteiger partial charge in [-0.05, 0) is 68.3 Å². The minimum Gasteiger partial charge on any atom is -0.463 e. The van der Waals surface area contributed by atoms with Crippen molar-refractivity contribution < 1.29 is 13.9 Å². The van der Waals surface area contributed by atoms with E-state index < -0.39 is 17.8 Å². The van der Waals surface area contributed by atoms with Crippen LogP contribution in [-0.2, 0) is 16.1 Å². The third-order valence-corrected chi connectivity index (χ3v) is 9.02. The number of carbonyl (C=O) groups excluding carboxylic acids is 1. The van der Waals surface area contributed by atoms with Crippen LogP contribution in [0.4, 0.5) is 4.39 Å². The number of fused-ring (bicyclic) bond motifs is 2. The molecule has 1 aliphatic rings. The Morgan fingerprint density at radius 1 is 1.07 bits per heavy atom. The summed E-state index contributed by atoms with van der Waals surface area (Å²) in [5, 5.41) is 1.04. The average Bonchev–Trinajstić information content (AvgIpc) is 3.42. The second-order valence-electron chi connectivity index (χ2n) is 10.1. The van der Waals surface area contributed by atoms with Gasteiger partial charge in [0, 0.05) is 33.2 Å². The van der Waals surface area contributed by atoms with Crippen LogP contribution in [0, 0.1) is 12.7 Å². The number of thiazole rings is 1. The third-order valence-electron chi connectivity index (χ3n) is 7.51. The maximum Gasteiger partial charge on any atom is 0.338 e. The van der Waals surface area contributed by atoms with E-state index in [1.165, 1.54) is 28.0 Å². The monoisotopic (exact) mass is 643 g/mol. The van der Waals surface area contributed by atoms with Gasteiger partial charge in [-0.25, -0.2) is 14.2 Å². The molecule has 1 atom stereocenters. The van der Waals surface area contributed by atoms with Gasteiger partial charge in [0.05, 0.1) is 28.5 Å². The van der Waals surface area contributed by atoms with Crippen molar-refractivity contribution in [3.8, 4) is 0 Å². The molecule has 212 valence electrons. The minimum absolute atomic E-state index is 0.180. The van der Waals surface area contributed by atoms with Gasteiger partial charge in [-0.15, -0.1) is 0 Å². The molecule has 6 rings (SSSR count). The van der Waals surface area contributed by atoms with E-state index in [0.717, 1.165) is 32.2 Å². The van der Waals surface area contributed by atoms with Crippen LogP contribution in [0.25, 0.3) is 17.0 Å². The number of nitrogens with zero attached hydrogens (tertiary/aromatic N) is 3. The number of para-hydroxylation sites is 1. The maximum absolute atomic E-state index is 14.1. The van der Waals surface area contributed by atoms with Gasteiger partial charge in [0.25, 0.3) is 5.56 Å². The lowest BCUT2D eigenvalue weighted by atomic mass is 9.96. The Hall–Kier alpha value is -4.08. The number of carbonyl (C=O) groups is 1. The topological polar surface area (TPSA) is 65.6 Å². The first-order valence-corrected chi connectivity index (χ1v) is 15.1. The van der Waals surface area contributed by atoms with E-state index in [2.05, 4.69) is 56.7 Å². The fraction of sp³-hybridized carbons (Fsp3) is 0.182. The first-order valence-electron chi connectivity index (χ1n) is 13.5. The number of allylic oxidation sites excluding steroid dienone is 1. The van der Waals surface area contributed by atoms with E-state index in [9.17, 15) is 14.0 Å². The Morgan fingerprint density at radius 3 is 2.50 bits per heavy atom. The summed E-state index contributed by atoms with van der Waals surface area (Å²) in [6.07, 6.45) is 1.92. The number of hydrogen-bond donors (Lipinski definition) is 0. The summed E-state index contributed by atoms with van der Waals surface area (Å²) in [7, 11) is 0. The van der Waals surface area contributed by atoms with E-state index >= 15 is 0 Å². The molecule has 0 radical (unpaired) electrons. The third kappa shape index (κ3) is 4.97. The normalized spacial score (nSPS) is 15.2. The second kappa shape index (κ2) is 11.3. The van der Waals surface area contributed by atoms with Crippen molar-refractivity contribution in [2.75, 3.05) is 6.61 Å². The summed E-state index contributed by atoms with van der Waals surface area (Å²) >= 11 is 4.78. The van der Waals surface area contributed by atoms with Crippen LogP contribution in [0.1, 0.15) is 42.3 Å². The zero-order valence-corrected chi connectivity index (χ0v) is 25.6. The molecule has 3 aromatic carbocycles. The molecule has 6 nitrogen and oxygen atoms in total. The molecular weight excluding hydrogens is 617 g/mol. The van der Waals surface area contributed by atoms with Crippen LogP contribution in [-0.4, -0.2) is 21.7 Å². The van der Waals surface area contributed by atoms with Crippen LogP contribution in [0.15, 0.2) is 98.3 Å². The molecule has 0 fully saturated rings. The lowest BCUT2D eigenvalue weighted by Crippen LogP contribution is -2.39. The number of rotatable bonds is 6. The molecule has 9 heteroatoms. The van der Waals surface area contributed by atoms with Crippen molar-refractivity contribution in [2.45, 2.75) is 33.4 Å². The van der Waals surface area contributed by atoms with Gasteiger partial charge in [-0.2, -0.15) is 0 Å². The van der Waals surface area contributed by atoms with Crippen molar-refractivity contribution in [1.29, 1.82) is 0 Å². The zero-order valence-electron chi connectivity index (χ0n) is 23.2. The first-order chi connectivity index (χ1) is 20.3. The predicted octanol–water partition coefficient (Wildman–Crippen LogP) is 6.01. The molecule has 42 heavy (non-hydrogen) atoms. The predicted molar refractivity (Wildman–Crippen MR) is 167 cm³/mol. The van der Waals surface area contributed by atoms with E-state index in [-0.39, 0.29) is 17.7 Å². The average molecular weight is 645 g/mol. The number of halogens is 2. The Kier molecular flexibility index (Phi) is 7.55. The Bertz CT molecular complexity index is 2050. The molecule has 0 N–H and O–H groups in total. The molecular formula is C33H27BrFN3O3S. The highest BCUT2D eigenvalue weighted by Crippen LogP contribution is 2.31. The van der Waals surface area contributed by atoms with Gasteiger partial charge >= 0.3 is 5.97 Å². The number of benzene rings is 3. The van der Waals surface area contributed by atoms with Crippen molar-refractivity contribution in [1.82, 2.24) is 9.13 Å². The summed E-state index contributed by atoms with van der Waals surface area (Å²) in [5.41, 5.74) is 5.28. The first kappa shape index (κ1) is 28.1. The van der Waals surface area contributed by atoms with Crippen LogP contribution in [0.3, 0.4) is 0 Å². The SMILES string of the molecule is CCOC(=O)C1=C(C)N=c2s/c(=C\c3c(C)n(Cc4ccc(Br)cc4)c4ccccc34)c(=O)n2[C@@H]1c1ccc(F)cc1. The van der Waals surface area contributed by atoms with Gasteiger partial charge in [0.15, 0.2) is 4.80 Å². The van der Waals surface area contributed by atoms with Gasteiger partial charge in [-0.3, -0.25) is 9.36 Å². The quantitative estimate of drug-likeness (QED) is 0.213. The molecule has 0 spiro atoms. The van der Waals surface area contributed by atoms with Crippen molar-refractivity contribution in [3.63, 3.8) is 0 Å². The molecule has 1 aliphatic heterocycles. The Morgan fingerprint density at radius 2 is 1.79 bits per heavy atom.